The van der Waals surface area contributed by atoms with Crippen LogP contribution in [0.25, 0.3) is 10.9 Å². The molecule has 0 amide bonds. The van der Waals surface area contributed by atoms with Crippen LogP contribution in [0.2, 0.25) is 5.15 Å². The fraction of sp³-hybridized carbons (Fsp3) is 0.286. The van der Waals surface area contributed by atoms with E-state index in [1.54, 1.807) is 12.1 Å². The number of carbonyl (C=O) groups is 1. The van der Waals surface area contributed by atoms with Gasteiger partial charge in [-0.15, -0.1) is 0 Å². The van der Waals surface area contributed by atoms with E-state index in [1.807, 2.05) is 25.1 Å². The van der Waals surface area contributed by atoms with Crippen LogP contribution in [0.15, 0.2) is 30.3 Å². The lowest BCUT2D eigenvalue weighted by atomic mass is 10.1. The van der Waals surface area contributed by atoms with Crippen molar-refractivity contribution in [3.63, 3.8) is 0 Å². The van der Waals surface area contributed by atoms with Gasteiger partial charge in [0, 0.05) is 5.39 Å². The zero-order chi connectivity index (χ0) is 13.0. The quantitative estimate of drug-likeness (QED) is 0.478. The van der Waals surface area contributed by atoms with Crippen LogP contribution in [0.3, 0.4) is 0 Å². The summed E-state index contributed by atoms with van der Waals surface area (Å²) in [5.74, 6) is -0.344. The minimum Gasteiger partial charge on any atom is -0.462 e. The summed E-state index contributed by atoms with van der Waals surface area (Å²) in [5.41, 5.74) is 1.05. The van der Waals surface area contributed by atoms with Gasteiger partial charge in [-0.2, -0.15) is 0 Å². The Balaban J connectivity index is 2.32. The molecule has 0 spiro atoms. The second-order valence-electron chi connectivity index (χ2n) is 4.00. The molecule has 3 nitrogen and oxygen atoms in total. The molecule has 4 heteroatoms. The predicted molar refractivity (Wildman–Crippen MR) is 71.9 cm³/mol. The third-order valence-electron chi connectivity index (χ3n) is 2.64. The summed E-state index contributed by atoms with van der Waals surface area (Å²) in [4.78, 5) is 16.1. The minimum absolute atomic E-state index is 0.344. The molecule has 0 aliphatic rings. The third-order valence-corrected chi connectivity index (χ3v) is 2.85. The maximum absolute atomic E-state index is 11.9. The Labute approximate surface area is 111 Å². The molecule has 0 N–H and O–H groups in total. The summed E-state index contributed by atoms with van der Waals surface area (Å²) in [7, 11) is 0. The first-order chi connectivity index (χ1) is 8.72. The highest BCUT2D eigenvalue weighted by Gasteiger charge is 2.12. The first-order valence-corrected chi connectivity index (χ1v) is 6.32. The van der Waals surface area contributed by atoms with Crippen LogP contribution < -0.4 is 0 Å². The number of ether oxygens (including phenoxy) is 1. The monoisotopic (exact) mass is 263 g/mol. The van der Waals surface area contributed by atoms with E-state index >= 15 is 0 Å². The number of unbranched alkanes of at least 4 members (excludes halogenated alkanes) is 1. The lowest BCUT2D eigenvalue weighted by molar-refractivity contribution is 0.0502. The highest BCUT2D eigenvalue weighted by Crippen LogP contribution is 2.20. The van der Waals surface area contributed by atoms with E-state index < -0.39 is 0 Å². The van der Waals surface area contributed by atoms with E-state index in [2.05, 4.69) is 4.98 Å². The van der Waals surface area contributed by atoms with Crippen molar-refractivity contribution in [2.24, 2.45) is 0 Å². The SMILES string of the molecule is CCCCOC(=O)c1cccc2ccc(Cl)nc12. The van der Waals surface area contributed by atoms with Gasteiger partial charge in [0.2, 0.25) is 0 Å². The molecule has 0 aliphatic carbocycles. The largest absolute Gasteiger partial charge is 0.462 e. The van der Waals surface area contributed by atoms with Crippen LogP contribution in [0.5, 0.6) is 0 Å². The molecule has 18 heavy (non-hydrogen) atoms. The molecule has 1 aromatic carbocycles. The Kier molecular flexibility index (Phi) is 4.15. The Morgan fingerprint density at radius 1 is 1.33 bits per heavy atom. The van der Waals surface area contributed by atoms with Crippen LogP contribution >= 0.6 is 11.6 Å². The molecule has 94 valence electrons. The van der Waals surface area contributed by atoms with Crippen molar-refractivity contribution in [2.45, 2.75) is 19.8 Å². The van der Waals surface area contributed by atoms with Crippen LogP contribution in [0.4, 0.5) is 0 Å². The van der Waals surface area contributed by atoms with Gasteiger partial charge in [0.1, 0.15) is 5.15 Å². The number of hydrogen-bond acceptors (Lipinski definition) is 3. The van der Waals surface area contributed by atoms with Gasteiger partial charge >= 0.3 is 5.97 Å². The van der Waals surface area contributed by atoms with Gasteiger partial charge in [-0.1, -0.05) is 37.1 Å². The van der Waals surface area contributed by atoms with Crippen molar-refractivity contribution in [1.82, 2.24) is 4.98 Å². The number of benzene rings is 1. The number of para-hydroxylation sites is 1. The number of aromatic nitrogens is 1. The van der Waals surface area contributed by atoms with Crippen molar-refractivity contribution >= 4 is 28.5 Å². The van der Waals surface area contributed by atoms with Crippen LogP contribution in [0.1, 0.15) is 30.1 Å². The van der Waals surface area contributed by atoms with Gasteiger partial charge in [0.25, 0.3) is 0 Å². The number of pyridine rings is 1. The zero-order valence-corrected chi connectivity index (χ0v) is 10.9. The molecule has 0 fully saturated rings. The molecular weight excluding hydrogens is 250 g/mol. The lowest BCUT2D eigenvalue weighted by Gasteiger charge is -2.06. The molecule has 0 saturated carbocycles. The first-order valence-electron chi connectivity index (χ1n) is 5.94. The molecule has 1 heterocycles. The molecule has 0 saturated heterocycles. The van der Waals surface area contributed by atoms with E-state index in [9.17, 15) is 4.79 Å². The van der Waals surface area contributed by atoms with Gasteiger partial charge in [0.15, 0.2) is 0 Å². The molecule has 2 aromatic rings. The van der Waals surface area contributed by atoms with Crippen molar-refractivity contribution < 1.29 is 9.53 Å². The van der Waals surface area contributed by atoms with E-state index in [0.29, 0.717) is 22.8 Å². The normalized spacial score (nSPS) is 10.6. The van der Waals surface area contributed by atoms with Gasteiger partial charge in [0.05, 0.1) is 17.7 Å². The smallest absolute Gasteiger partial charge is 0.340 e. The van der Waals surface area contributed by atoms with E-state index in [0.717, 1.165) is 18.2 Å². The maximum atomic E-state index is 11.9. The molecule has 1 aromatic heterocycles. The molecule has 0 aliphatic heterocycles. The summed E-state index contributed by atoms with van der Waals surface area (Å²) in [6.07, 6.45) is 1.86. The van der Waals surface area contributed by atoms with Crippen molar-refractivity contribution in [1.29, 1.82) is 0 Å². The Morgan fingerprint density at radius 3 is 2.94 bits per heavy atom. The highest BCUT2D eigenvalue weighted by molar-refractivity contribution is 6.29. The number of carbonyl (C=O) groups excluding carboxylic acids is 1. The van der Waals surface area contributed by atoms with Crippen molar-refractivity contribution in [2.75, 3.05) is 6.61 Å². The number of rotatable bonds is 4. The van der Waals surface area contributed by atoms with Gasteiger partial charge < -0.3 is 4.74 Å². The first kappa shape index (κ1) is 12.8. The second-order valence-corrected chi connectivity index (χ2v) is 4.39. The molecule has 0 atom stereocenters. The number of fused-ring (bicyclic) bond motifs is 1. The minimum atomic E-state index is -0.344. The maximum Gasteiger partial charge on any atom is 0.340 e. The average Bonchev–Trinajstić information content (AvgIpc) is 2.38. The van der Waals surface area contributed by atoms with Crippen LogP contribution in [0, 0.1) is 0 Å². The summed E-state index contributed by atoms with van der Waals surface area (Å²) >= 11 is 5.86. The topological polar surface area (TPSA) is 39.2 Å². The molecule has 2 rings (SSSR count). The summed E-state index contributed by atoms with van der Waals surface area (Å²) in [5, 5.41) is 1.25. The standard InChI is InChI=1S/C14H14ClNO2/c1-2-3-9-18-14(17)11-6-4-5-10-7-8-12(15)16-13(10)11/h4-8H,2-3,9H2,1H3. The van der Waals surface area contributed by atoms with Crippen molar-refractivity contribution in [3.8, 4) is 0 Å². The molecule has 0 unspecified atom stereocenters. The van der Waals surface area contributed by atoms with Gasteiger partial charge in [-0.25, -0.2) is 9.78 Å². The lowest BCUT2D eigenvalue weighted by Crippen LogP contribution is -2.07. The van der Waals surface area contributed by atoms with Crippen LogP contribution in [-0.4, -0.2) is 17.6 Å². The summed E-state index contributed by atoms with van der Waals surface area (Å²) in [6, 6.07) is 8.96. The highest BCUT2D eigenvalue weighted by atomic mass is 35.5. The molecule has 0 radical (unpaired) electrons. The van der Waals surface area contributed by atoms with Gasteiger partial charge in [-0.3, -0.25) is 0 Å². The van der Waals surface area contributed by atoms with E-state index in [1.165, 1.54) is 0 Å². The number of hydrogen-bond donors (Lipinski definition) is 0. The Morgan fingerprint density at radius 2 is 2.17 bits per heavy atom. The number of nitrogens with zero attached hydrogens (tertiary/aromatic N) is 1. The van der Waals surface area contributed by atoms with Crippen molar-refractivity contribution in [3.05, 3.63) is 41.0 Å². The number of esters is 1. The second kappa shape index (κ2) is 5.83. The predicted octanol–water partition coefficient (Wildman–Crippen LogP) is 3.85. The van der Waals surface area contributed by atoms with E-state index in [-0.39, 0.29) is 5.97 Å². The molecular formula is C14H14ClNO2. The fourth-order valence-electron chi connectivity index (χ4n) is 1.67. The van der Waals surface area contributed by atoms with Crippen LogP contribution in [-0.2, 0) is 4.74 Å². The average molecular weight is 264 g/mol. The molecule has 0 bridgehead atoms. The number of halogens is 1. The summed E-state index contributed by atoms with van der Waals surface area (Å²) < 4.78 is 5.19. The third kappa shape index (κ3) is 2.79. The Hall–Kier alpha value is -1.61. The van der Waals surface area contributed by atoms with Gasteiger partial charge in [-0.05, 0) is 24.6 Å². The Bertz CT molecular complexity index is 569. The fourth-order valence-corrected chi connectivity index (χ4v) is 1.82. The summed E-state index contributed by atoms with van der Waals surface area (Å²) in [6.45, 7) is 2.49. The zero-order valence-electron chi connectivity index (χ0n) is 10.1. The van der Waals surface area contributed by atoms with E-state index in [4.69, 9.17) is 16.3 Å².